The number of hydrazone groups is 1. The highest BCUT2D eigenvalue weighted by Gasteiger charge is 2.23. The number of benzene rings is 2. The molecule has 0 aliphatic carbocycles. The van der Waals surface area contributed by atoms with Gasteiger partial charge < -0.3 is 10.5 Å². The van der Waals surface area contributed by atoms with Crippen molar-refractivity contribution < 1.29 is 5.11 Å². The number of hydrogen-bond acceptors (Lipinski definition) is 3. The Kier molecular flexibility index (Phi) is 3.36. The van der Waals surface area contributed by atoms with Crippen LogP contribution in [-0.4, -0.2) is 10.8 Å². The maximum atomic E-state index is 9.58. The SMILES string of the molecule is Cc1cc(C2=NNC(c3ccccc3Cl)C2)ccc1O. The highest BCUT2D eigenvalue weighted by molar-refractivity contribution is 6.31. The van der Waals surface area contributed by atoms with Crippen molar-refractivity contribution in [3.8, 4) is 5.75 Å². The molecule has 102 valence electrons. The molecule has 0 bridgehead atoms. The molecule has 2 N–H and O–H groups in total. The molecule has 1 atom stereocenters. The molecular formula is C16H15ClN2O. The Labute approximate surface area is 122 Å². The van der Waals surface area contributed by atoms with E-state index in [1.807, 2.05) is 43.3 Å². The molecule has 1 aliphatic rings. The molecule has 3 nitrogen and oxygen atoms in total. The Morgan fingerprint density at radius 1 is 1.25 bits per heavy atom. The van der Waals surface area contributed by atoms with Crippen LogP contribution in [0.15, 0.2) is 47.6 Å². The smallest absolute Gasteiger partial charge is 0.118 e. The molecule has 2 aromatic carbocycles. The van der Waals surface area contributed by atoms with Gasteiger partial charge in [-0.1, -0.05) is 29.8 Å². The van der Waals surface area contributed by atoms with Crippen molar-refractivity contribution in [3.63, 3.8) is 0 Å². The first kappa shape index (κ1) is 13.0. The van der Waals surface area contributed by atoms with E-state index in [0.717, 1.165) is 33.8 Å². The Morgan fingerprint density at radius 2 is 2.05 bits per heavy atom. The average molecular weight is 287 g/mol. The number of aryl methyl sites for hydroxylation is 1. The van der Waals surface area contributed by atoms with Gasteiger partial charge in [0.05, 0.1) is 11.8 Å². The fraction of sp³-hybridized carbons (Fsp3) is 0.188. The van der Waals surface area contributed by atoms with Gasteiger partial charge in [0, 0.05) is 11.4 Å². The second-order valence-corrected chi connectivity index (χ2v) is 5.37. The summed E-state index contributed by atoms with van der Waals surface area (Å²) in [7, 11) is 0. The second-order valence-electron chi connectivity index (χ2n) is 4.97. The molecule has 0 spiro atoms. The largest absolute Gasteiger partial charge is 0.508 e. The van der Waals surface area contributed by atoms with Crippen molar-refractivity contribution in [2.45, 2.75) is 19.4 Å². The number of nitrogens with zero attached hydrogens (tertiary/aromatic N) is 1. The minimum absolute atomic E-state index is 0.104. The van der Waals surface area contributed by atoms with Gasteiger partial charge in [-0.3, -0.25) is 0 Å². The molecule has 1 aliphatic heterocycles. The van der Waals surface area contributed by atoms with Crippen LogP contribution in [0, 0.1) is 6.92 Å². The lowest BCUT2D eigenvalue weighted by molar-refractivity contribution is 0.471. The lowest BCUT2D eigenvalue weighted by atomic mass is 9.98. The Morgan fingerprint density at radius 3 is 2.80 bits per heavy atom. The summed E-state index contributed by atoms with van der Waals surface area (Å²) in [6.45, 7) is 1.88. The first-order chi connectivity index (χ1) is 9.65. The van der Waals surface area contributed by atoms with Crippen LogP contribution in [0.4, 0.5) is 0 Å². The lowest BCUT2D eigenvalue weighted by Gasteiger charge is -2.11. The zero-order chi connectivity index (χ0) is 14.1. The minimum atomic E-state index is 0.104. The number of halogens is 1. The van der Waals surface area contributed by atoms with Crippen molar-refractivity contribution in [2.24, 2.45) is 5.10 Å². The van der Waals surface area contributed by atoms with Gasteiger partial charge in [-0.25, -0.2) is 0 Å². The molecule has 0 amide bonds. The van der Waals surface area contributed by atoms with E-state index in [9.17, 15) is 5.11 Å². The van der Waals surface area contributed by atoms with Crippen LogP contribution in [0.3, 0.4) is 0 Å². The Balaban J connectivity index is 1.82. The van der Waals surface area contributed by atoms with Crippen molar-refractivity contribution in [1.82, 2.24) is 5.43 Å². The summed E-state index contributed by atoms with van der Waals surface area (Å²) in [5, 5.41) is 14.7. The van der Waals surface area contributed by atoms with Crippen molar-refractivity contribution in [1.29, 1.82) is 0 Å². The molecule has 3 rings (SSSR count). The van der Waals surface area contributed by atoms with Crippen molar-refractivity contribution >= 4 is 17.3 Å². The Bertz CT molecular complexity index is 682. The summed E-state index contributed by atoms with van der Waals surface area (Å²) in [5.74, 6) is 0.308. The highest BCUT2D eigenvalue weighted by Crippen LogP contribution is 2.30. The third-order valence-corrected chi connectivity index (χ3v) is 3.91. The van der Waals surface area contributed by atoms with E-state index < -0.39 is 0 Å². The van der Waals surface area contributed by atoms with Gasteiger partial charge in [0.25, 0.3) is 0 Å². The van der Waals surface area contributed by atoms with Crippen molar-refractivity contribution in [2.75, 3.05) is 0 Å². The molecule has 0 aromatic heterocycles. The lowest BCUT2D eigenvalue weighted by Crippen LogP contribution is -2.10. The topological polar surface area (TPSA) is 44.6 Å². The van der Waals surface area contributed by atoms with E-state index in [1.165, 1.54) is 0 Å². The maximum absolute atomic E-state index is 9.58. The maximum Gasteiger partial charge on any atom is 0.118 e. The van der Waals surface area contributed by atoms with Crippen LogP contribution in [0.25, 0.3) is 0 Å². The molecule has 1 heterocycles. The summed E-state index contributed by atoms with van der Waals surface area (Å²) < 4.78 is 0. The minimum Gasteiger partial charge on any atom is -0.508 e. The van der Waals surface area contributed by atoms with Crippen LogP contribution in [0.2, 0.25) is 5.02 Å². The second kappa shape index (κ2) is 5.17. The predicted octanol–water partition coefficient (Wildman–Crippen LogP) is 3.79. The van der Waals surface area contributed by atoms with Gasteiger partial charge in [0.15, 0.2) is 0 Å². The number of phenolic OH excluding ortho intramolecular Hbond substituents is 1. The standard InChI is InChI=1S/C16H15ClN2O/c1-10-8-11(6-7-16(10)20)14-9-15(19-18-14)12-4-2-3-5-13(12)17/h2-8,15,19-20H,9H2,1H3. The molecule has 0 saturated carbocycles. The first-order valence-electron chi connectivity index (χ1n) is 6.51. The molecule has 1 unspecified atom stereocenters. The number of aromatic hydroxyl groups is 1. The monoisotopic (exact) mass is 286 g/mol. The molecule has 4 heteroatoms. The highest BCUT2D eigenvalue weighted by atomic mass is 35.5. The molecule has 0 saturated heterocycles. The summed E-state index contributed by atoms with van der Waals surface area (Å²) in [4.78, 5) is 0. The fourth-order valence-electron chi connectivity index (χ4n) is 2.40. The van der Waals surface area contributed by atoms with Crippen LogP contribution in [-0.2, 0) is 0 Å². The van der Waals surface area contributed by atoms with E-state index in [4.69, 9.17) is 11.6 Å². The van der Waals surface area contributed by atoms with Crippen LogP contribution in [0.5, 0.6) is 5.75 Å². The van der Waals surface area contributed by atoms with Gasteiger partial charge in [0.1, 0.15) is 5.75 Å². The number of nitrogens with one attached hydrogen (secondary N) is 1. The van der Waals surface area contributed by atoms with Crippen LogP contribution < -0.4 is 5.43 Å². The Hall–Kier alpha value is -2.00. The number of hydrogen-bond donors (Lipinski definition) is 2. The van der Waals surface area contributed by atoms with E-state index in [1.54, 1.807) is 6.07 Å². The molecule has 2 aromatic rings. The van der Waals surface area contributed by atoms with Gasteiger partial charge in [-0.15, -0.1) is 0 Å². The van der Waals surface area contributed by atoms with E-state index in [-0.39, 0.29) is 6.04 Å². The first-order valence-corrected chi connectivity index (χ1v) is 6.89. The van der Waals surface area contributed by atoms with E-state index >= 15 is 0 Å². The normalized spacial score (nSPS) is 17.7. The average Bonchev–Trinajstić information content (AvgIpc) is 2.92. The predicted molar refractivity (Wildman–Crippen MR) is 81.3 cm³/mol. The van der Waals surface area contributed by atoms with E-state index in [0.29, 0.717) is 5.75 Å². The third kappa shape index (κ3) is 2.37. The van der Waals surface area contributed by atoms with Gasteiger partial charge in [0.2, 0.25) is 0 Å². The molecular weight excluding hydrogens is 272 g/mol. The summed E-state index contributed by atoms with van der Waals surface area (Å²) >= 11 is 6.22. The third-order valence-electron chi connectivity index (χ3n) is 3.56. The summed E-state index contributed by atoms with van der Waals surface area (Å²) in [6.07, 6.45) is 0.786. The van der Waals surface area contributed by atoms with E-state index in [2.05, 4.69) is 10.5 Å². The molecule has 20 heavy (non-hydrogen) atoms. The molecule has 0 radical (unpaired) electrons. The zero-order valence-electron chi connectivity index (χ0n) is 11.1. The van der Waals surface area contributed by atoms with Crippen LogP contribution >= 0.6 is 11.6 Å². The zero-order valence-corrected chi connectivity index (χ0v) is 11.9. The quantitative estimate of drug-likeness (QED) is 0.882. The van der Waals surface area contributed by atoms with Gasteiger partial charge in [-0.2, -0.15) is 5.10 Å². The number of phenols is 1. The molecule has 0 fully saturated rings. The van der Waals surface area contributed by atoms with Crippen molar-refractivity contribution in [3.05, 3.63) is 64.2 Å². The van der Waals surface area contributed by atoms with Crippen LogP contribution in [0.1, 0.15) is 29.2 Å². The fourth-order valence-corrected chi connectivity index (χ4v) is 2.66. The number of rotatable bonds is 2. The van der Waals surface area contributed by atoms with Gasteiger partial charge >= 0.3 is 0 Å². The summed E-state index contributed by atoms with van der Waals surface area (Å²) in [5.41, 5.74) is 7.06. The van der Waals surface area contributed by atoms with Gasteiger partial charge in [-0.05, 0) is 47.9 Å². The summed E-state index contributed by atoms with van der Waals surface area (Å²) in [6, 6.07) is 13.4.